The second-order valence-corrected chi connectivity index (χ2v) is 19.0. The monoisotopic (exact) mass is 919 g/mol. The lowest BCUT2D eigenvalue weighted by molar-refractivity contribution is -0.384. The van der Waals surface area contributed by atoms with Crippen LogP contribution in [-0.2, 0) is 21.4 Å². The third-order valence-electron chi connectivity index (χ3n) is 11.6. The topological polar surface area (TPSA) is 158 Å². The van der Waals surface area contributed by atoms with Crippen molar-refractivity contribution in [2.75, 3.05) is 73.6 Å². The Morgan fingerprint density at radius 1 is 0.875 bits per heavy atom. The SMILES string of the molecule is CON=C1CCN(CC[C@H](CSc2ccccc2)Nc2ccc(S(=O)(=O)Nc3ncnc4cc(N5CCN(Cc6cc(Cl)ccc6-c6ccccc6)CC5)ccc34)cc2[N+](=O)[O-])CC1. The highest BCUT2D eigenvalue weighted by Crippen LogP contribution is 2.33. The second-order valence-electron chi connectivity index (χ2n) is 15.8. The Kier molecular flexibility index (Phi) is 14.6. The molecule has 0 aliphatic carbocycles. The summed E-state index contributed by atoms with van der Waals surface area (Å²) in [4.78, 5) is 33.6. The van der Waals surface area contributed by atoms with Crippen molar-refractivity contribution < 1.29 is 18.2 Å². The Balaban J connectivity index is 0.933. The van der Waals surface area contributed by atoms with Gasteiger partial charge in [0.25, 0.3) is 15.7 Å². The number of nitro groups is 1. The average Bonchev–Trinajstić information content (AvgIpc) is 3.31. The van der Waals surface area contributed by atoms with Gasteiger partial charge in [0, 0.05) is 104 Å². The number of nitrogens with zero attached hydrogens (tertiary/aromatic N) is 7. The lowest BCUT2D eigenvalue weighted by Gasteiger charge is -2.36. The van der Waals surface area contributed by atoms with Crippen molar-refractivity contribution in [2.24, 2.45) is 5.16 Å². The fourth-order valence-electron chi connectivity index (χ4n) is 8.18. The lowest BCUT2D eigenvalue weighted by Crippen LogP contribution is -2.46. The molecule has 14 nitrogen and oxygen atoms in total. The second kappa shape index (κ2) is 20.8. The van der Waals surface area contributed by atoms with Crippen molar-refractivity contribution in [3.8, 4) is 11.1 Å². The number of hydrogen-bond acceptors (Lipinski definition) is 13. The molecule has 0 unspecified atom stereocenters. The largest absolute Gasteiger partial charge is 0.399 e. The molecule has 2 fully saturated rings. The van der Waals surface area contributed by atoms with E-state index in [0.29, 0.717) is 28.1 Å². The number of aromatic nitrogens is 2. The maximum absolute atomic E-state index is 13.9. The van der Waals surface area contributed by atoms with Gasteiger partial charge in [0.1, 0.15) is 19.1 Å². The molecule has 8 rings (SSSR count). The van der Waals surface area contributed by atoms with Gasteiger partial charge >= 0.3 is 0 Å². The molecule has 2 saturated heterocycles. The zero-order valence-electron chi connectivity index (χ0n) is 35.5. The minimum absolute atomic E-state index is 0.0818. The first-order valence-corrected chi connectivity index (χ1v) is 24.1. The van der Waals surface area contributed by atoms with Gasteiger partial charge in [0.2, 0.25) is 0 Å². The first-order chi connectivity index (χ1) is 31.1. The Bertz CT molecular complexity index is 2700. The van der Waals surface area contributed by atoms with E-state index in [1.54, 1.807) is 18.9 Å². The standard InChI is InChI=1S/C47H50ClN9O5S2/c1-62-52-37-18-21-54(22-19-37)23-20-38(32-63-40-10-6-3-7-11-40)51-44-17-14-41(30-46(44)57(58)59)64(60,61)53-47-43-16-13-39(29-45(43)49-33-50-47)56-26-24-55(25-27-56)31-35-28-36(48)12-15-42(35)34-8-4-2-5-9-34/h2-17,28-30,33,38,51H,18-27,31-32H2,1H3,(H,49,50,53)/t38-/m1/s1. The molecule has 17 heteroatoms. The number of oxime groups is 1. The van der Waals surface area contributed by atoms with Crippen LogP contribution >= 0.6 is 23.4 Å². The fraction of sp³-hybridized carbons (Fsp3) is 0.298. The van der Waals surface area contributed by atoms with Crippen molar-refractivity contribution >= 4 is 72.9 Å². The van der Waals surface area contributed by atoms with Crippen LogP contribution in [0.1, 0.15) is 24.8 Å². The summed E-state index contributed by atoms with van der Waals surface area (Å²) in [6, 6.07) is 35.9. The highest BCUT2D eigenvalue weighted by atomic mass is 35.5. The molecule has 64 heavy (non-hydrogen) atoms. The molecule has 0 spiro atoms. The third kappa shape index (κ3) is 11.3. The number of rotatable bonds is 17. The number of thioether (sulfide) groups is 1. The van der Waals surface area contributed by atoms with Crippen molar-refractivity contribution in [3.05, 3.63) is 142 Å². The van der Waals surface area contributed by atoms with E-state index in [2.05, 4.69) is 64.1 Å². The summed E-state index contributed by atoms with van der Waals surface area (Å²) >= 11 is 8.10. The Labute approximate surface area is 382 Å². The molecule has 2 N–H and O–H groups in total. The molecule has 0 bridgehead atoms. The summed E-state index contributed by atoms with van der Waals surface area (Å²) in [6.07, 6.45) is 3.69. The predicted octanol–water partition coefficient (Wildman–Crippen LogP) is 9.04. The molecule has 2 aliphatic rings. The number of hydrogen-bond donors (Lipinski definition) is 2. The van der Waals surface area contributed by atoms with Gasteiger partial charge in [-0.05, 0) is 77.7 Å². The highest BCUT2D eigenvalue weighted by Gasteiger charge is 2.26. The van der Waals surface area contributed by atoms with E-state index < -0.39 is 14.9 Å². The van der Waals surface area contributed by atoms with Crippen LogP contribution in [0.25, 0.3) is 22.0 Å². The zero-order chi connectivity index (χ0) is 44.5. The quantitative estimate of drug-likeness (QED) is 0.0509. The Morgan fingerprint density at radius 3 is 2.36 bits per heavy atom. The van der Waals surface area contributed by atoms with Crippen molar-refractivity contribution in [1.82, 2.24) is 19.8 Å². The highest BCUT2D eigenvalue weighted by molar-refractivity contribution is 7.99. The summed E-state index contributed by atoms with van der Waals surface area (Å²) in [6.45, 7) is 6.52. The smallest absolute Gasteiger partial charge is 0.293 e. The minimum Gasteiger partial charge on any atom is -0.399 e. The van der Waals surface area contributed by atoms with E-state index >= 15 is 0 Å². The fourth-order valence-corrected chi connectivity index (χ4v) is 10.4. The van der Waals surface area contributed by atoms with Crippen molar-refractivity contribution in [3.63, 3.8) is 0 Å². The van der Waals surface area contributed by atoms with Crippen molar-refractivity contribution in [2.45, 2.75) is 41.6 Å². The molecular formula is C47H50ClN9O5S2. The maximum atomic E-state index is 13.9. The van der Waals surface area contributed by atoms with Crippen LogP contribution in [-0.4, -0.2) is 104 Å². The summed E-state index contributed by atoms with van der Waals surface area (Å²) in [5, 5.41) is 21.2. The lowest BCUT2D eigenvalue weighted by atomic mass is 9.99. The Morgan fingerprint density at radius 2 is 1.62 bits per heavy atom. The van der Waals surface area contributed by atoms with E-state index in [4.69, 9.17) is 16.4 Å². The van der Waals surface area contributed by atoms with Crippen LogP contribution in [0.4, 0.5) is 22.9 Å². The van der Waals surface area contributed by atoms with Crippen LogP contribution in [0.3, 0.4) is 0 Å². The molecule has 1 aromatic heterocycles. The summed E-state index contributed by atoms with van der Waals surface area (Å²) < 4.78 is 30.4. The van der Waals surface area contributed by atoms with E-state index in [0.717, 1.165) is 93.1 Å². The normalized spacial score (nSPS) is 15.5. The molecular weight excluding hydrogens is 870 g/mol. The van der Waals surface area contributed by atoms with Crippen LogP contribution in [0.5, 0.6) is 0 Å². The Hall–Kier alpha value is -5.78. The number of anilines is 3. The minimum atomic E-state index is -4.30. The average molecular weight is 921 g/mol. The summed E-state index contributed by atoms with van der Waals surface area (Å²) in [5.74, 6) is 0.726. The number of likely N-dealkylation sites (tertiary alicyclic amines) is 1. The molecule has 0 radical (unpaired) electrons. The maximum Gasteiger partial charge on any atom is 0.293 e. The van der Waals surface area contributed by atoms with Gasteiger partial charge in [-0.2, -0.15) is 0 Å². The molecule has 1 atom stereocenters. The number of fused-ring (bicyclic) bond motifs is 1. The van der Waals surface area contributed by atoms with Gasteiger partial charge in [0.15, 0.2) is 5.82 Å². The first kappa shape index (κ1) is 44.8. The summed E-state index contributed by atoms with van der Waals surface area (Å²) in [7, 11) is -2.74. The van der Waals surface area contributed by atoms with Crippen LogP contribution in [0.2, 0.25) is 5.02 Å². The number of nitro benzene ring substituents is 1. The third-order valence-corrected chi connectivity index (χ3v) is 14.4. The number of halogens is 1. The zero-order valence-corrected chi connectivity index (χ0v) is 37.9. The van der Waals surface area contributed by atoms with E-state index in [1.807, 2.05) is 72.8 Å². The molecule has 5 aromatic carbocycles. The summed E-state index contributed by atoms with van der Waals surface area (Å²) in [5.41, 5.74) is 6.00. The van der Waals surface area contributed by atoms with Crippen LogP contribution in [0, 0.1) is 10.1 Å². The molecule has 2 aliphatic heterocycles. The molecule has 0 amide bonds. The van der Waals surface area contributed by atoms with E-state index in [1.165, 1.54) is 29.6 Å². The number of nitrogens with one attached hydrogen (secondary N) is 2. The van der Waals surface area contributed by atoms with Gasteiger partial charge in [-0.3, -0.25) is 19.7 Å². The first-order valence-electron chi connectivity index (χ1n) is 21.2. The van der Waals surface area contributed by atoms with Gasteiger partial charge in [-0.15, -0.1) is 11.8 Å². The number of sulfonamides is 1. The molecule has 6 aromatic rings. The number of benzene rings is 5. The van der Waals surface area contributed by atoms with Gasteiger partial charge in [-0.25, -0.2) is 18.4 Å². The molecule has 332 valence electrons. The predicted molar refractivity (Wildman–Crippen MR) is 257 cm³/mol. The van der Waals surface area contributed by atoms with Crippen molar-refractivity contribution in [1.29, 1.82) is 0 Å². The van der Waals surface area contributed by atoms with Crippen LogP contribution in [0.15, 0.2) is 137 Å². The van der Waals surface area contributed by atoms with E-state index in [9.17, 15) is 18.5 Å². The van der Waals surface area contributed by atoms with E-state index in [-0.39, 0.29) is 28.1 Å². The molecule has 3 heterocycles. The van der Waals surface area contributed by atoms with Gasteiger partial charge in [-0.1, -0.05) is 71.4 Å². The van der Waals surface area contributed by atoms with Crippen LogP contribution < -0.4 is 14.9 Å². The molecule has 0 saturated carbocycles. The number of piperazine rings is 1. The number of piperidine rings is 1. The van der Waals surface area contributed by atoms with Gasteiger partial charge in [0.05, 0.1) is 21.0 Å². The van der Waals surface area contributed by atoms with Gasteiger partial charge < -0.3 is 20.0 Å².